The minimum Gasteiger partial charge on any atom is -0.494 e. The number of para-hydroxylation sites is 1. The summed E-state index contributed by atoms with van der Waals surface area (Å²) >= 11 is 5.92. The third-order valence-corrected chi connectivity index (χ3v) is 3.84. The fourth-order valence-electron chi connectivity index (χ4n) is 2.47. The Kier molecular flexibility index (Phi) is 6.25. The predicted molar refractivity (Wildman–Crippen MR) is 90.4 cm³/mol. The van der Waals surface area contributed by atoms with Crippen LogP contribution in [0.4, 0.5) is 0 Å². The second-order valence-corrected chi connectivity index (χ2v) is 5.58. The maximum Gasteiger partial charge on any atom is 0.124 e. The average molecular weight is 320 g/mol. The Morgan fingerprint density at radius 1 is 1.14 bits per heavy atom. The molecule has 2 N–H and O–H groups in total. The van der Waals surface area contributed by atoms with E-state index in [1.54, 1.807) is 0 Å². The number of aliphatic hydroxyl groups excluding tert-OH is 1. The molecule has 118 valence electrons. The zero-order valence-corrected chi connectivity index (χ0v) is 13.7. The lowest BCUT2D eigenvalue weighted by Crippen LogP contribution is -2.27. The lowest BCUT2D eigenvalue weighted by atomic mass is 10.0. The third-order valence-electron chi connectivity index (χ3n) is 3.59. The Hall–Kier alpha value is -1.55. The minimum absolute atomic E-state index is 0.0166. The van der Waals surface area contributed by atoms with Gasteiger partial charge in [-0.25, -0.2) is 0 Å². The monoisotopic (exact) mass is 319 g/mol. The molecule has 0 radical (unpaired) electrons. The second-order valence-electron chi connectivity index (χ2n) is 5.15. The first kappa shape index (κ1) is 16.8. The van der Waals surface area contributed by atoms with Crippen molar-refractivity contribution >= 4 is 11.6 Å². The van der Waals surface area contributed by atoms with Crippen molar-refractivity contribution in [1.82, 2.24) is 5.32 Å². The minimum atomic E-state index is -0.151. The number of rotatable bonds is 7. The average Bonchev–Trinajstić information content (AvgIpc) is 2.54. The van der Waals surface area contributed by atoms with Crippen LogP contribution in [0.2, 0.25) is 5.02 Å². The van der Waals surface area contributed by atoms with Crippen molar-refractivity contribution < 1.29 is 9.84 Å². The van der Waals surface area contributed by atoms with E-state index in [4.69, 9.17) is 16.3 Å². The highest BCUT2D eigenvalue weighted by molar-refractivity contribution is 6.30. The Morgan fingerprint density at radius 2 is 1.82 bits per heavy atom. The standard InChI is InChI=1S/C18H22ClNO2/c1-3-22-18-7-5-4-6-16(18)13(2)20-17(12-21)14-8-10-15(19)11-9-14/h4-11,13,17,20-21H,3,12H2,1-2H3. The zero-order valence-electron chi connectivity index (χ0n) is 12.9. The van der Waals surface area contributed by atoms with Crippen molar-refractivity contribution in [3.63, 3.8) is 0 Å². The van der Waals surface area contributed by atoms with Gasteiger partial charge in [-0.1, -0.05) is 41.9 Å². The highest BCUT2D eigenvalue weighted by Crippen LogP contribution is 2.27. The van der Waals surface area contributed by atoms with Gasteiger partial charge in [-0.3, -0.25) is 0 Å². The van der Waals surface area contributed by atoms with Crippen molar-refractivity contribution in [2.75, 3.05) is 13.2 Å². The summed E-state index contributed by atoms with van der Waals surface area (Å²) in [6.45, 7) is 4.68. The summed E-state index contributed by atoms with van der Waals surface area (Å²) in [6, 6.07) is 15.4. The molecule has 0 spiro atoms. The van der Waals surface area contributed by atoms with Gasteiger partial charge in [0.1, 0.15) is 5.75 Å². The van der Waals surface area contributed by atoms with E-state index < -0.39 is 0 Å². The van der Waals surface area contributed by atoms with E-state index in [0.717, 1.165) is 16.9 Å². The van der Waals surface area contributed by atoms with E-state index in [1.165, 1.54) is 0 Å². The van der Waals surface area contributed by atoms with Gasteiger partial charge in [0, 0.05) is 16.6 Å². The molecule has 0 bridgehead atoms. The summed E-state index contributed by atoms with van der Waals surface area (Å²) in [5, 5.41) is 13.8. The van der Waals surface area contributed by atoms with E-state index in [1.807, 2.05) is 55.5 Å². The Labute approximate surface area is 136 Å². The van der Waals surface area contributed by atoms with E-state index in [-0.39, 0.29) is 18.7 Å². The maximum absolute atomic E-state index is 9.69. The molecule has 2 atom stereocenters. The maximum atomic E-state index is 9.69. The van der Waals surface area contributed by atoms with Crippen molar-refractivity contribution in [2.24, 2.45) is 0 Å². The number of nitrogens with one attached hydrogen (secondary N) is 1. The Morgan fingerprint density at radius 3 is 2.45 bits per heavy atom. The van der Waals surface area contributed by atoms with Crippen molar-refractivity contribution in [3.8, 4) is 5.75 Å². The number of benzene rings is 2. The van der Waals surface area contributed by atoms with Crippen LogP contribution in [-0.2, 0) is 0 Å². The smallest absolute Gasteiger partial charge is 0.124 e. The molecule has 0 aliphatic rings. The van der Waals surface area contributed by atoms with Gasteiger partial charge in [0.05, 0.1) is 19.3 Å². The highest BCUT2D eigenvalue weighted by atomic mass is 35.5. The molecule has 2 aromatic carbocycles. The van der Waals surface area contributed by atoms with E-state index >= 15 is 0 Å². The SMILES string of the molecule is CCOc1ccccc1C(C)NC(CO)c1ccc(Cl)cc1. The molecule has 4 heteroatoms. The lowest BCUT2D eigenvalue weighted by molar-refractivity contribution is 0.234. The summed E-state index contributed by atoms with van der Waals surface area (Å²) in [5.74, 6) is 0.873. The van der Waals surface area contributed by atoms with Crippen LogP contribution in [0, 0.1) is 0 Å². The summed E-state index contributed by atoms with van der Waals surface area (Å²) < 4.78 is 5.67. The van der Waals surface area contributed by atoms with Crippen molar-refractivity contribution in [1.29, 1.82) is 0 Å². The number of hydrogen-bond donors (Lipinski definition) is 2. The van der Waals surface area contributed by atoms with Gasteiger partial charge >= 0.3 is 0 Å². The molecule has 0 aromatic heterocycles. The molecule has 3 nitrogen and oxygen atoms in total. The first-order valence-electron chi connectivity index (χ1n) is 7.49. The van der Waals surface area contributed by atoms with E-state index in [2.05, 4.69) is 12.2 Å². The summed E-state index contributed by atoms with van der Waals surface area (Å²) in [7, 11) is 0. The molecule has 2 unspecified atom stereocenters. The van der Waals surface area contributed by atoms with Crippen molar-refractivity contribution in [2.45, 2.75) is 25.9 Å². The molecule has 0 aliphatic heterocycles. The van der Waals surface area contributed by atoms with Gasteiger partial charge in [0.2, 0.25) is 0 Å². The van der Waals surface area contributed by atoms with Crippen LogP contribution in [0.3, 0.4) is 0 Å². The molecular weight excluding hydrogens is 298 g/mol. The van der Waals surface area contributed by atoms with Crippen molar-refractivity contribution in [3.05, 3.63) is 64.7 Å². The van der Waals surface area contributed by atoms with Crippen LogP contribution in [0.5, 0.6) is 5.75 Å². The number of aliphatic hydroxyl groups is 1. The van der Waals surface area contributed by atoms with Gasteiger partial charge in [-0.05, 0) is 37.6 Å². The van der Waals surface area contributed by atoms with Gasteiger partial charge in [0.15, 0.2) is 0 Å². The first-order valence-corrected chi connectivity index (χ1v) is 7.87. The summed E-state index contributed by atoms with van der Waals surface area (Å²) in [6.07, 6.45) is 0. The molecule has 0 amide bonds. The molecule has 0 fully saturated rings. The molecule has 0 saturated heterocycles. The van der Waals surface area contributed by atoms with Crippen LogP contribution >= 0.6 is 11.6 Å². The number of halogens is 1. The Bertz CT molecular complexity index is 586. The number of ether oxygens (including phenoxy) is 1. The molecule has 0 saturated carbocycles. The van der Waals surface area contributed by atoms with Crippen LogP contribution in [-0.4, -0.2) is 18.3 Å². The zero-order chi connectivity index (χ0) is 15.9. The van der Waals surface area contributed by atoms with Gasteiger partial charge in [0.25, 0.3) is 0 Å². The fourth-order valence-corrected chi connectivity index (χ4v) is 2.59. The molecule has 0 aliphatic carbocycles. The van der Waals surface area contributed by atoms with Crippen LogP contribution in [0.15, 0.2) is 48.5 Å². The summed E-state index contributed by atoms with van der Waals surface area (Å²) in [4.78, 5) is 0. The third kappa shape index (κ3) is 4.23. The molecule has 2 rings (SSSR count). The second kappa shape index (κ2) is 8.18. The van der Waals surface area contributed by atoms with Gasteiger partial charge in [-0.2, -0.15) is 0 Å². The van der Waals surface area contributed by atoms with Crippen LogP contribution in [0.25, 0.3) is 0 Å². The predicted octanol–water partition coefficient (Wildman–Crippen LogP) is 4.12. The van der Waals surface area contributed by atoms with Gasteiger partial charge < -0.3 is 15.2 Å². The van der Waals surface area contributed by atoms with E-state index in [9.17, 15) is 5.11 Å². The molecular formula is C18H22ClNO2. The normalized spacial score (nSPS) is 13.6. The van der Waals surface area contributed by atoms with Crippen LogP contribution < -0.4 is 10.1 Å². The molecule has 2 aromatic rings. The Balaban J connectivity index is 2.15. The topological polar surface area (TPSA) is 41.5 Å². The lowest BCUT2D eigenvalue weighted by Gasteiger charge is -2.24. The highest BCUT2D eigenvalue weighted by Gasteiger charge is 2.17. The van der Waals surface area contributed by atoms with Crippen LogP contribution in [0.1, 0.15) is 37.1 Å². The molecule has 22 heavy (non-hydrogen) atoms. The van der Waals surface area contributed by atoms with E-state index in [0.29, 0.717) is 11.6 Å². The fraction of sp³-hybridized carbons (Fsp3) is 0.333. The number of hydrogen-bond acceptors (Lipinski definition) is 3. The first-order chi connectivity index (χ1) is 10.7. The quantitative estimate of drug-likeness (QED) is 0.806. The largest absolute Gasteiger partial charge is 0.494 e. The molecule has 0 heterocycles. The summed E-state index contributed by atoms with van der Waals surface area (Å²) in [5.41, 5.74) is 2.09. The van der Waals surface area contributed by atoms with Gasteiger partial charge in [-0.15, -0.1) is 0 Å².